The summed E-state index contributed by atoms with van der Waals surface area (Å²) in [5, 5.41) is 0.434. The summed E-state index contributed by atoms with van der Waals surface area (Å²) < 4.78 is 3.18. The summed E-state index contributed by atoms with van der Waals surface area (Å²) in [6.45, 7) is 6.52. The summed E-state index contributed by atoms with van der Waals surface area (Å²) in [5.74, 6) is -0.0437. The Morgan fingerprint density at radius 2 is 1.86 bits per heavy atom. The maximum atomic E-state index is 12.8. The Bertz CT molecular complexity index is 1000. The van der Waals surface area contributed by atoms with Gasteiger partial charge in [0.05, 0.1) is 10.7 Å². The van der Waals surface area contributed by atoms with E-state index >= 15 is 0 Å². The number of nitrogens with one attached hydrogen (secondary N) is 1. The van der Waals surface area contributed by atoms with Crippen LogP contribution in [0.4, 0.5) is 11.5 Å². The van der Waals surface area contributed by atoms with Gasteiger partial charge < -0.3 is 10.5 Å². The van der Waals surface area contributed by atoms with Crippen molar-refractivity contribution < 1.29 is 4.79 Å². The largest absolute Gasteiger partial charge is 0.384 e. The van der Waals surface area contributed by atoms with Crippen LogP contribution in [0.5, 0.6) is 0 Å². The highest BCUT2D eigenvalue weighted by Crippen LogP contribution is 2.29. The smallest absolute Gasteiger partial charge is 0.231 e. The van der Waals surface area contributed by atoms with Gasteiger partial charge in [-0.3, -0.25) is 4.79 Å². The van der Waals surface area contributed by atoms with Gasteiger partial charge in [-0.25, -0.2) is 9.97 Å². The maximum absolute atomic E-state index is 12.8. The molecule has 2 aromatic heterocycles. The van der Waals surface area contributed by atoms with Gasteiger partial charge in [-0.15, -0.1) is 0 Å². The summed E-state index contributed by atoms with van der Waals surface area (Å²) in [7, 11) is 0. The van der Waals surface area contributed by atoms with Crippen molar-refractivity contribution in [1.29, 1.82) is 0 Å². The molecule has 2 heterocycles. The number of aromatic nitrogens is 2. The molecule has 5 nitrogen and oxygen atoms in total. The number of hydrogen-bond donors (Lipinski definition) is 2. The van der Waals surface area contributed by atoms with Crippen LogP contribution in [-0.4, -0.2) is 15.8 Å². The number of halogens is 1. The van der Waals surface area contributed by atoms with E-state index < -0.39 is 0 Å². The van der Waals surface area contributed by atoms with E-state index in [9.17, 15) is 4.79 Å². The first kappa shape index (κ1) is 20.2. The number of nitrogens with two attached hydrogens (primary N) is 1. The lowest BCUT2D eigenvalue weighted by atomic mass is 9.87. The van der Waals surface area contributed by atoms with Gasteiger partial charge in [-0.05, 0) is 53.3 Å². The minimum absolute atomic E-state index is 0.0949. The number of rotatable bonds is 5. The molecule has 1 aromatic carbocycles. The second-order valence-electron chi connectivity index (χ2n) is 7.31. The number of hydrogen-bond acceptors (Lipinski definition) is 6. The van der Waals surface area contributed by atoms with Crippen LogP contribution >= 0.6 is 23.5 Å². The molecule has 7 heteroatoms. The van der Waals surface area contributed by atoms with E-state index in [-0.39, 0.29) is 28.4 Å². The SMILES string of the molecule is CC(C)(C)c1ccc(SNc2cc(Cl)cnc2C(=O)c2cccc(N)n2)cc1. The van der Waals surface area contributed by atoms with Crippen LogP contribution in [0, 0.1) is 0 Å². The van der Waals surface area contributed by atoms with Crippen LogP contribution in [0.15, 0.2) is 59.6 Å². The number of anilines is 2. The zero-order valence-corrected chi connectivity index (χ0v) is 17.4. The summed E-state index contributed by atoms with van der Waals surface area (Å²) in [4.78, 5) is 22.1. The van der Waals surface area contributed by atoms with Crippen molar-refractivity contribution in [3.05, 3.63) is 76.7 Å². The molecule has 0 amide bonds. The van der Waals surface area contributed by atoms with E-state index in [0.29, 0.717) is 10.7 Å². The van der Waals surface area contributed by atoms with Crippen molar-refractivity contribution in [3.63, 3.8) is 0 Å². The summed E-state index contributed by atoms with van der Waals surface area (Å²) in [6.07, 6.45) is 1.44. The highest BCUT2D eigenvalue weighted by Gasteiger charge is 2.18. The molecule has 0 bridgehead atoms. The van der Waals surface area contributed by atoms with E-state index in [2.05, 4.69) is 47.6 Å². The second-order valence-corrected chi connectivity index (χ2v) is 8.62. The second kappa shape index (κ2) is 8.20. The molecule has 0 radical (unpaired) electrons. The predicted molar refractivity (Wildman–Crippen MR) is 116 cm³/mol. The average Bonchev–Trinajstić information content (AvgIpc) is 2.65. The molecule has 28 heavy (non-hydrogen) atoms. The third kappa shape index (κ3) is 4.82. The lowest BCUT2D eigenvalue weighted by Crippen LogP contribution is -2.11. The van der Waals surface area contributed by atoms with Gasteiger partial charge >= 0.3 is 0 Å². The Balaban J connectivity index is 1.82. The van der Waals surface area contributed by atoms with Gasteiger partial charge in [0.15, 0.2) is 0 Å². The van der Waals surface area contributed by atoms with E-state index in [1.165, 1.54) is 23.7 Å². The molecule has 0 fully saturated rings. The van der Waals surface area contributed by atoms with Crippen molar-refractivity contribution >= 4 is 40.8 Å². The molecule has 0 saturated heterocycles. The number of nitrogen functional groups attached to an aromatic ring is 1. The van der Waals surface area contributed by atoms with Crippen LogP contribution in [0.25, 0.3) is 0 Å². The van der Waals surface area contributed by atoms with E-state index in [0.717, 1.165) is 4.90 Å². The quantitative estimate of drug-likeness (QED) is 0.433. The number of pyridine rings is 2. The maximum Gasteiger partial charge on any atom is 0.231 e. The summed E-state index contributed by atoms with van der Waals surface area (Å²) in [5.41, 5.74) is 8.03. The first-order chi connectivity index (χ1) is 13.2. The summed E-state index contributed by atoms with van der Waals surface area (Å²) in [6, 6.07) is 14.9. The zero-order valence-electron chi connectivity index (χ0n) is 15.9. The molecule has 0 aliphatic heterocycles. The molecule has 0 atom stereocenters. The number of carbonyl (C=O) groups excluding carboxylic acids is 1. The van der Waals surface area contributed by atoms with Crippen molar-refractivity contribution in [2.75, 3.05) is 10.5 Å². The molecule has 144 valence electrons. The van der Waals surface area contributed by atoms with E-state index in [4.69, 9.17) is 17.3 Å². The van der Waals surface area contributed by atoms with Crippen molar-refractivity contribution in [1.82, 2.24) is 9.97 Å². The van der Waals surface area contributed by atoms with Crippen LogP contribution < -0.4 is 10.5 Å². The lowest BCUT2D eigenvalue weighted by molar-refractivity contribution is 0.103. The summed E-state index contributed by atoms with van der Waals surface area (Å²) >= 11 is 7.47. The number of benzene rings is 1. The first-order valence-electron chi connectivity index (χ1n) is 8.70. The van der Waals surface area contributed by atoms with Gasteiger partial charge in [0, 0.05) is 11.1 Å². The van der Waals surface area contributed by atoms with Crippen LogP contribution in [0.3, 0.4) is 0 Å². The highest BCUT2D eigenvalue weighted by atomic mass is 35.5. The lowest BCUT2D eigenvalue weighted by Gasteiger charge is -2.19. The normalized spacial score (nSPS) is 11.3. The van der Waals surface area contributed by atoms with Crippen LogP contribution in [0.1, 0.15) is 42.5 Å². The molecule has 0 saturated carbocycles. The highest BCUT2D eigenvalue weighted by molar-refractivity contribution is 8.00. The van der Waals surface area contributed by atoms with Gasteiger partial charge in [-0.1, -0.05) is 50.6 Å². The fourth-order valence-corrected chi connectivity index (χ4v) is 3.35. The number of nitrogens with zero attached hydrogens (tertiary/aromatic N) is 2. The molecule has 0 spiro atoms. The average molecular weight is 413 g/mol. The Morgan fingerprint density at radius 3 is 2.50 bits per heavy atom. The third-order valence-electron chi connectivity index (χ3n) is 4.07. The molecule has 0 aliphatic carbocycles. The molecule has 3 aromatic rings. The Hall–Kier alpha value is -2.57. The van der Waals surface area contributed by atoms with E-state index in [1.54, 1.807) is 24.3 Å². The predicted octanol–water partition coefficient (Wildman–Crippen LogP) is 5.36. The van der Waals surface area contributed by atoms with Crippen molar-refractivity contribution in [2.45, 2.75) is 31.1 Å². The standard InChI is InChI=1S/C21H21ClN4OS/c1-21(2,3)13-7-9-15(10-8-13)28-26-17-11-14(22)12-24-19(17)20(27)16-5-4-6-18(23)25-16/h4-12,26H,1-3H3,(H2,23,25). The molecular formula is C21H21ClN4OS. The fourth-order valence-electron chi connectivity index (χ4n) is 2.53. The monoisotopic (exact) mass is 412 g/mol. The molecule has 3 rings (SSSR count). The molecule has 3 N–H and O–H groups in total. The van der Waals surface area contributed by atoms with Gasteiger partial charge in [0.2, 0.25) is 5.78 Å². The Labute approximate surface area is 173 Å². The minimum atomic E-state index is -0.324. The van der Waals surface area contributed by atoms with Gasteiger partial charge in [-0.2, -0.15) is 0 Å². The molecule has 0 aliphatic rings. The Morgan fingerprint density at radius 1 is 1.14 bits per heavy atom. The fraction of sp³-hybridized carbons (Fsp3) is 0.190. The van der Waals surface area contributed by atoms with Crippen LogP contribution in [0.2, 0.25) is 5.02 Å². The Kier molecular flexibility index (Phi) is 5.91. The van der Waals surface area contributed by atoms with Crippen LogP contribution in [-0.2, 0) is 5.41 Å². The molecule has 0 unspecified atom stereocenters. The van der Waals surface area contributed by atoms with Gasteiger partial charge in [0.25, 0.3) is 0 Å². The molecular weight excluding hydrogens is 392 g/mol. The number of carbonyl (C=O) groups is 1. The zero-order chi connectivity index (χ0) is 20.3. The van der Waals surface area contributed by atoms with Gasteiger partial charge in [0.1, 0.15) is 17.2 Å². The number of ketones is 1. The topological polar surface area (TPSA) is 80.9 Å². The van der Waals surface area contributed by atoms with Crippen molar-refractivity contribution in [3.8, 4) is 0 Å². The van der Waals surface area contributed by atoms with Crippen molar-refractivity contribution in [2.24, 2.45) is 0 Å². The first-order valence-corrected chi connectivity index (χ1v) is 9.89. The minimum Gasteiger partial charge on any atom is -0.384 e. The van der Waals surface area contributed by atoms with E-state index in [1.807, 2.05) is 12.1 Å². The third-order valence-corrected chi connectivity index (χ3v) is 5.11.